The molecule has 1 N–H and O–H groups in total. The van der Waals surface area contributed by atoms with Gasteiger partial charge in [0, 0.05) is 0 Å². The summed E-state index contributed by atoms with van der Waals surface area (Å²) in [5, 5.41) is 0. The Kier molecular flexibility index (Phi) is 4.66. The van der Waals surface area contributed by atoms with Crippen LogP contribution in [0.5, 0.6) is 5.75 Å². The third kappa shape index (κ3) is 4.49. The number of nitrogens with one attached hydrogen (secondary N) is 1. The summed E-state index contributed by atoms with van der Waals surface area (Å²) in [5.74, 6) is 0.637. The molecule has 82 valence electrons. The number of hydrogen-bond acceptors (Lipinski definition) is 4. The van der Waals surface area contributed by atoms with E-state index in [1.54, 1.807) is 19.2 Å². The van der Waals surface area contributed by atoms with Gasteiger partial charge >= 0.3 is 0 Å². The minimum atomic E-state index is 0.387. The summed E-state index contributed by atoms with van der Waals surface area (Å²) in [6, 6.07) is 7.20. The Hall–Kier alpha value is -1.52. The molecule has 0 fully saturated rings. The van der Waals surface area contributed by atoms with Gasteiger partial charge < -0.3 is 4.89 Å². The van der Waals surface area contributed by atoms with Crippen molar-refractivity contribution in [2.75, 3.05) is 19.2 Å². The number of anilines is 1. The summed E-state index contributed by atoms with van der Waals surface area (Å²) in [6.07, 6.45) is 0. The van der Waals surface area contributed by atoms with Crippen molar-refractivity contribution >= 4 is 5.69 Å². The molecule has 0 aliphatic carbocycles. The molecule has 0 aliphatic heterocycles. The molecular weight excluding hydrogens is 194 g/mol. The van der Waals surface area contributed by atoms with Crippen LogP contribution in [-0.4, -0.2) is 13.7 Å². The molecule has 15 heavy (non-hydrogen) atoms. The van der Waals surface area contributed by atoms with Crippen LogP contribution in [0.2, 0.25) is 0 Å². The zero-order valence-corrected chi connectivity index (χ0v) is 8.95. The monoisotopic (exact) mass is 209 g/mol. The van der Waals surface area contributed by atoms with E-state index < -0.39 is 0 Å². The van der Waals surface area contributed by atoms with Crippen LogP contribution < -0.4 is 10.4 Å². The maximum Gasteiger partial charge on any atom is 0.165 e. The summed E-state index contributed by atoms with van der Waals surface area (Å²) in [4.78, 5) is 14.7. The van der Waals surface area contributed by atoms with Crippen LogP contribution in [0.4, 0.5) is 5.69 Å². The van der Waals surface area contributed by atoms with Gasteiger partial charge in [0.05, 0.1) is 12.8 Å². The molecule has 1 aromatic carbocycles. The van der Waals surface area contributed by atoms with Crippen molar-refractivity contribution in [1.29, 1.82) is 0 Å². The van der Waals surface area contributed by atoms with Gasteiger partial charge in [-0.15, -0.1) is 0 Å². The van der Waals surface area contributed by atoms with Gasteiger partial charge in [-0.2, -0.15) is 4.89 Å². The summed E-state index contributed by atoms with van der Waals surface area (Å²) in [5.41, 5.74) is 4.46. The van der Waals surface area contributed by atoms with Crippen molar-refractivity contribution in [2.45, 2.75) is 6.92 Å². The molecule has 4 heteroatoms. The van der Waals surface area contributed by atoms with E-state index in [1.807, 2.05) is 19.1 Å². The van der Waals surface area contributed by atoms with E-state index in [1.165, 1.54) is 0 Å². The highest BCUT2D eigenvalue weighted by molar-refractivity contribution is 5.44. The predicted molar refractivity (Wildman–Crippen MR) is 58.5 cm³/mol. The second kappa shape index (κ2) is 6.06. The topological polar surface area (TPSA) is 39.7 Å². The fourth-order valence-electron chi connectivity index (χ4n) is 0.894. The maximum absolute atomic E-state index is 5.02. The smallest absolute Gasteiger partial charge is 0.165 e. The average Bonchev–Trinajstić information content (AvgIpc) is 2.20. The van der Waals surface area contributed by atoms with Gasteiger partial charge in [0.15, 0.2) is 5.75 Å². The zero-order chi connectivity index (χ0) is 11.1. The van der Waals surface area contributed by atoms with Gasteiger partial charge in [-0.25, -0.2) is 0 Å². The first-order valence-corrected chi connectivity index (χ1v) is 4.55. The van der Waals surface area contributed by atoms with Crippen LogP contribution >= 0.6 is 0 Å². The van der Waals surface area contributed by atoms with Gasteiger partial charge in [-0.1, -0.05) is 12.2 Å². The molecule has 0 saturated heterocycles. The summed E-state index contributed by atoms with van der Waals surface area (Å²) >= 11 is 0. The highest BCUT2D eigenvalue weighted by atomic mass is 17.2. The lowest BCUT2D eigenvalue weighted by Crippen LogP contribution is -2.00. The van der Waals surface area contributed by atoms with Gasteiger partial charge in [0.25, 0.3) is 0 Å². The molecule has 4 nitrogen and oxygen atoms in total. The Morgan fingerprint density at radius 1 is 1.33 bits per heavy atom. The number of hydrogen-bond donors (Lipinski definition) is 1. The Balaban J connectivity index is 2.39. The largest absolute Gasteiger partial charge is 0.337 e. The van der Waals surface area contributed by atoms with E-state index in [0.717, 1.165) is 11.3 Å². The van der Waals surface area contributed by atoms with Crippen molar-refractivity contribution < 1.29 is 14.6 Å². The van der Waals surface area contributed by atoms with Gasteiger partial charge in [-0.3, -0.25) is 10.3 Å². The molecule has 0 aliphatic rings. The molecule has 0 unspecified atom stereocenters. The van der Waals surface area contributed by atoms with Crippen molar-refractivity contribution in [3.63, 3.8) is 0 Å². The van der Waals surface area contributed by atoms with Crippen molar-refractivity contribution in [2.24, 2.45) is 0 Å². The fraction of sp³-hybridized carbons (Fsp3) is 0.273. The first-order valence-electron chi connectivity index (χ1n) is 4.55. The second-order valence-electron chi connectivity index (χ2n) is 3.13. The molecule has 0 heterocycles. The molecule has 0 spiro atoms. The first kappa shape index (κ1) is 11.6. The number of rotatable bonds is 6. The summed E-state index contributed by atoms with van der Waals surface area (Å²) < 4.78 is 0. The Morgan fingerprint density at radius 2 is 2.00 bits per heavy atom. The molecule has 0 radical (unpaired) electrons. The van der Waals surface area contributed by atoms with Gasteiger partial charge in [0.1, 0.15) is 6.61 Å². The van der Waals surface area contributed by atoms with Crippen molar-refractivity contribution in [3.8, 4) is 5.75 Å². The van der Waals surface area contributed by atoms with Crippen molar-refractivity contribution in [3.05, 3.63) is 36.4 Å². The normalized spacial score (nSPS) is 9.73. The first-order chi connectivity index (χ1) is 7.22. The van der Waals surface area contributed by atoms with Gasteiger partial charge in [0.2, 0.25) is 0 Å². The summed E-state index contributed by atoms with van der Waals surface area (Å²) in [7, 11) is 1.56. The third-order valence-electron chi connectivity index (χ3n) is 1.53. The van der Waals surface area contributed by atoms with Crippen LogP contribution in [0.15, 0.2) is 36.4 Å². The average molecular weight is 209 g/mol. The van der Waals surface area contributed by atoms with Crippen LogP contribution in [0.3, 0.4) is 0 Å². The van der Waals surface area contributed by atoms with E-state index >= 15 is 0 Å². The van der Waals surface area contributed by atoms with Crippen molar-refractivity contribution in [1.82, 2.24) is 0 Å². The zero-order valence-electron chi connectivity index (χ0n) is 8.95. The molecular formula is C11H15NO3. The summed E-state index contributed by atoms with van der Waals surface area (Å²) in [6.45, 7) is 5.95. The second-order valence-corrected chi connectivity index (χ2v) is 3.13. The van der Waals surface area contributed by atoms with E-state index in [4.69, 9.17) is 14.6 Å². The standard InChI is InChI=1S/C11H15NO3/c1-9(2)8-14-15-11-6-4-10(5-7-11)12-13-3/h4-7,12H,1,8H2,2-3H3. The van der Waals surface area contributed by atoms with Gasteiger partial charge in [-0.05, 0) is 31.2 Å². The fourth-order valence-corrected chi connectivity index (χ4v) is 0.894. The molecule has 1 rings (SSSR count). The van der Waals surface area contributed by atoms with E-state index in [0.29, 0.717) is 12.4 Å². The lowest BCUT2D eigenvalue weighted by Gasteiger charge is -2.06. The lowest BCUT2D eigenvalue weighted by atomic mass is 10.3. The molecule has 0 bridgehead atoms. The minimum Gasteiger partial charge on any atom is -0.337 e. The highest BCUT2D eigenvalue weighted by Gasteiger charge is 1.95. The van der Waals surface area contributed by atoms with E-state index in [2.05, 4.69) is 12.1 Å². The van der Waals surface area contributed by atoms with E-state index in [-0.39, 0.29) is 0 Å². The Morgan fingerprint density at radius 3 is 2.53 bits per heavy atom. The molecule has 0 aromatic heterocycles. The Labute approximate surface area is 89.3 Å². The SMILES string of the molecule is C=C(C)COOc1ccc(NOC)cc1. The van der Waals surface area contributed by atoms with Crippen LogP contribution in [0.25, 0.3) is 0 Å². The quantitative estimate of drug-likeness (QED) is 0.444. The number of benzene rings is 1. The van der Waals surface area contributed by atoms with E-state index in [9.17, 15) is 0 Å². The third-order valence-corrected chi connectivity index (χ3v) is 1.53. The van der Waals surface area contributed by atoms with Crippen LogP contribution in [0.1, 0.15) is 6.92 Å². The minimum absolute atomic E-state index is 0.387. The highest BCUT2D eigenvalue weighted by Crippen LogP contribution is 2.15. The van der Waals surface area contributed by atoms with Crippen LogP contribution in [-0.2, 0) is 9.73 Å². The Bertz CT molecular complexity index is 308. The molecule has 1 aromatic rings. The predicted octanol–water partition coefficient (Wildman–Crippen LogP) is 2.55. The maximum atomic E-state index is 5.02. The lowest BCUT2D eigenvalue weighted by molar-refractivity contribution is -0.197. The molecule has 0 saturated carbocycles. The van der Waals surface area contributed by atoms with Crippen LogP contribution in [0, 0.1) is 0 Å². The molecule has 0 atom stereocenters. The molecule has 0 amide bonds.